The molecule has 2 bridgehead atoms. The maximum Gasteiger partial charge on any atom is 0.248 e. The van der Waals surface area contributed by atoms with E-state index in [0.717, 1.165) is 12.4 Å². The van der Waals surface area contributed by atoms with E-state index in [9.17, 15) is 4.79 Å². The molecule has 2 N–H and O–H groups in total. The molecule has 0 radical (unpaired) electrons. The molecule has 4 aliphatic rings. The molecule has 140 valence electrons. The van der Waals surface area contributed by atoms with Crippen LogP contribution >= 0.6 is 0 Å². The molecule has 1 aromatic carbocycles. The molecule has 27 heavy (non-hydrogen) atoms. The van der Waals surface area contributed by atoms with Crippen molar-refractivity contribution in [3.05, 3.63) is 59.3 Å². The number of pyridine rings is 1. The molecule has 4 aliphatic heterocycles. The van der Waals surface area contributed by atoms with Crippen molar-refractivity contribution in [1.82, 2.24) is 9.88 Å². The third kappa shape index (κ3) is 2.72. The van der Waals surface area contributed by atoms with Crippen LogP contribution in [0.5, 0.6) is 0 Å². The molecular weight excluding hydrogens is 336 g/mol. The first-order chi connectivity index (χ1) is 13.1. The number of hydrogen-bond donors (Lipinski definition) is 1. The molecule has 5 heteroatoms. The smallest absolute Gasteiger partial charge is 0.248 e. The van der Waals surface area contributed by atoms with Gasteiger partial charge in [-0.2, -0.15) is 0 Å². The molecule has 1 amide bonds. The predicted octanol–water partition coefficient (Wildman–Crippen LogP) is 2.56. The number of aryl methyl sites for hydroxylation is 1. The number of amides is 1. The number of piperidine rings is 3. The quantitative estimate of drug-likeness (QED) is 0.911. The summed E-state index contributed by atoms with van der Waals surface area (Å²) in [6, 6.07) is 13.6. The number of hydrogen-bond acceptors (Lipinski definition) is 4. The molecule has 5 heterocycles. The minimum Gasteiger partial charge on any atom is -0.366 e. The average molecular weight is 362 g/mol. The van der Waals surface area contributed by atoms with E-state index in [1.807, 2.05) is 6.07 Å². The number of carbonyl (C=O) groups is 1. The summed E-state index contributed by atoms with van der Waals surface area (Å²) in [6.07, 6.45) is 4.23. The lowest BCUT2D eigenvalue weighted by Crippen LogP contribution is -2.60. The minimum atomic E-state index is -0.390. The van der Waals surface area contributed by atoms with E-state index in [-0.39, 0.29) is 0 Å². The first-order valence-corrected chi connectivity index (χ1v) is 9.95. The van der Waals surface area contributed by atoms with Crippen LogP contribution in [0.1, 0.15) is 40.2 Å². The lowest BCUT2D eigenvalue weighted by molar-refractivity contribution is 0.0354. The van der Waals surface area contributed by atoms with E-state index >= 15 is 0 Å². The van der Waals surface area contributed by atoms with E-state index in [0.29, 0.717) is 29.5 Å². The van der Waals surface area contributed by atoms with E-state index < -0.39 is 5.91 Å². The van der Waals surface area contributed by atoms with Gasteiger partial charge in [-0.25, -0.2) is 4.98 Å². The normalized spacial score (nSPS) is 31.7. The molecule has 3 atom stereocenters. The van der Waals surface area contributed by atoms with Crippen LogP contribution in [0, 0.1) is 12.8 Å². The molecule has 6 rings (SSSR count). The zero-order valence-electron chi connectivity index (χ0n) is 15.7. The second-order valence-electron chi connectivity index (χ2n) is 8.29. The van der Waals surface area contributed by atoms with Crippen molar-refractivity contribution < 1.29 is 4.79 Å². The summed E-state index contributed by atoms with van der Waals surface area (Å²) in [5.74, 6) is 1.68. The van der Waals surface area contributed by atoms with Crippen LogP contribution in [0.3, 0.4) is 0 Å². The Morgan fingerprint density at radius 2 is 1.85 bits per heavy atom. The Hall–Kier alpha value is -2.40. The van der Waals surface area contributed by atoms with Gasteiger partial charge in [-0.3, -0.25) is 9.69 Å². The second kappa shape index (κ2) is 6.34. The van der Waals surface area contributed by atoms with E-state index in [2.05, 4.69) is 46.0 Å². The molecule has 5 nitrogen and oxygen atoms in total. The Morgan fingerprint density at radius 1 is 1.11 bits per heavy atom. The summed E-state index contributed by atoms with van der Waals surface area (Å²) in [4.78, 5) is 21.4. The fourth-order valence-corrected chi connectivity index (χ4v) is 5.52. The molecule has 0 spiro atoms. The van der Waals surface area contributed by atoms with Crippen molar-refractivity contribution >= 4 is 11.7 Å². The van der Waals surface area contributed by atoms with Gasteiger partial charge in [0.1, 0.15) is 5.82 Å². The van der Waals surface area contributed by atoms with Gasteiger partial charge in [0.05, 0.1) is 0 Å². The number of primary amides is 1. The van der Waals surface area contributed by atoms with E-state index in [1.165, 1.54) is 37.1 Å². The number of nitrogens with two attached hydrogens (primary N) is 1. The van der Waals surface area contributed by atoms with Crippen LogP contribution in [0.15, 0.2) is 42.6 Å². The third-order valence-electron chi connectivity index (χ3n) is 6.82. The van der Waals surface area contributed by atoms with Gasteiger partial charge in [0.25, 0.3) is 0 Å². The Morgan fingerprint density at radius 3 is 2.56 bits per heavy atom. The van der Waals surface area contributed by atoms with Crippen molar-refractivity contribution in [3.63, 3.8) is 0 Å². The van der Waals surface area contributed by atoms with Gasteiger partial charge in [0, 0.05) is 36.3 Å². The summed E-state index contributed by atoms with van der Waals surface area (Å²) in [5.41, 5.74) is 8.76. The van der Waals surface area contributed by atoms with Crippen LogP contribution in [0.2, 0.25) is 0 Å². The molecular formula is C22H26N4O. The Labute approximate surface area is 160 Å². The minimum absolute atomic E-state index is 0.390. The highest BCUT2D eigenvalue weighted by atomic mass is 16.1. The fraction of sp³-hybridized carbons (Fsp3) is 0.455. The summed E-state index contributed by atoms with van der Waals surface area (Å²) >= 11 is 0. The standard InChI is InChI=1S/C22H26N4O/c1-14-2-4-15(5-3-14)18-13-26(19-12-17(22(23)27)6-9-24-19)20-16-7-10-25(11-8-16)21(18)20/h2-6,9,12,16,18,20-21H,7-8,10-11,13H2,1H3,(H2,23,27)/t18-,20-,21-/m1/s1. The number of benzene rings is 1. The van der Waals surface area contributed by atoms with Crippen LogP contribution in [0.4, 0.5) is 5.82 Å². The van der Waals surface area contributed by atoms with E-state index in [1.54, 1.807) is 12.3 Å². The van der Waals surface area contributed by atoms with Gasteiger partial charge in [-0.05, 0) is 56.5 Å². The molecule has 0 saturated carbocycles. The molecule has 0 unspecified atom stereocenters. The lowest BCUT2D eigenvalue weighted by atomic mass is 9.75. The zero-order valence-corrected chi connectivity index (χ0v) is 15.7. The fourth-order valence-electron chi connectivity index (χ4n) is 5.52. The SMILES string of the molecule is Cc1ccc([C@H]2CN(c3cc(C(N)=O)ccn3)[C@@H]3C4CCN(CC4)[C@H]23)cc1. The van der Waals surface area contributed by atoms with E-state index in [4.69, 9.17) is 5.73 Å². The topological polar surface area (TPSA) is 62.5 Å². The maximum absolute atomic E-state index is 11.7. The van der Waals surface area contributed by atoms with Gasteiger partial charge in [-0.1, -0.05) is 29.8 Å². The monoisotopic (exact) mass is 362 g/mol. The molecule has 0 aliphatic carbocycles. The van der Waals surface area contributed by atoms with Crippen molar-refractivity contribution in [1.29, 1.82) is 0 Å². The maximum atomic E-state index is 11.7. The predicted molar refractivity (Wildman–Crippen MR) is 106 cm³/mol. The average Bonchev–Trinajstić information content (AvgIpc) is 3.12. The number of carbonyl (C=O) groups excluding carboxylic acids is 1. The number of rotatable bonds is 3. The van der Waals surface area contributed by atoms with Gasteiger partial charge in [0.15, 0.2) is 0 Å². The van der Waals surface area contributed by atoms with Crippen molar-refractivity contribution in [3.8, 4) is 0 Å². The van der Waals surface area contributed by atoms with Crippen molar-refractivity contribution in [2.24, 2.45) is 11.7 Å². The summed E-state index contributed by atoms with van der Waals surface area (Å²) in [5, 5.41) is 0. The first-order valence-electron chi connectivity index (χ1n) is 9.95. The summed E-state index contributed by atoms with van der Waals surface area (Å²) in [6.45, 7) is 5.49. The summed E-state index contributed by atoms with van der Waals surface area (Å²) in [7, 11) is 0. The molecule has 4 saturated heterocycles. The van der Waals surface area contributed by atoms with Gasteiger partial charge >= 0.3 is 0 Å². The highest BCUT2D eigenvalue weighted by Crippen LogP contribution is 2.47. The molecule has 4 fully saturated rings. The Bertz CT molecular complexity index is 857. The number of nitrogens with zero attached hydrogens (tertiary/aromatic N) is 3. The van der Waals surface area contributed by atoms with Crippen LogP contribution in [-0.2, 0) is 0 Å². The van der Waals surface area contributed by atoms with Crippen LogP contribution in [-0.4, -0.2) is 47.5 Å². The van der Waals surface area contributed by atoms with Crippen LogP contribution < -0.4 is 10.6 Å². The van der Waals surface area contributed by atoms with Crippen molar-refractivity contribution in [2.75, 3.05) is 24.5 Å². The largest absolute Gasteiger partial charge is 0.366 e. The Kier molecular flexibility index (Phi) is 3.93. The van der Waals surface area contributed by atoms with Gasteiger partial charge < -0.3 is 10.6 Å². The number of aromatic nitrogens is 1. The molecule has 2 aromatic rings. The zero-order chi connectivity index (χ0) is 18.5. The third-order valence-corrected chi connectivity index (χ3v) is 6.82. The highest BCUT2D eigenvalue weighted by molar-refractivity contribution is 5.93. The Balaban J connectivity index is 1.55. The molecule has 1 aromatic heterocycles. The summed E-state index contributed by atoms with van der Waals surface area (Å²) < 4.78 is 0. The number of anilines is 1. The highest BCUT2D eigenvalue weighted by Gasteiger charge is 2.53. The second-order valence-corrected chi connectivity index (χ2v) is 8.29. The number of fused-ring (bicyclic) bond motifs is 2. The first kappa shape index (κ1) is 16.8. The van der Waals surface area contributed by atoms with Gasteiger partial charge in [0.2, 0.25) is 5.91 Å². The van der Waals surface area contributed by atoms with Crippen molar-refractivity contribution in [2.45, 2.75) is 37.8 Å². The lowest BCUT2D eigenvalue weighted by Gasteiger charge is -2.51. The van der Waals surface area contributed by atoms with Gasteiger partial charge in [-0.15, -0.1) is 0 Å². The van der Waals surface area contributed by atoms with Crippen LogP contribution in [0.25, 0.3) is 0 Å².